The molecule has 0 spiro atoms. The van der Waals surface area contributed by atoms with E-state index in [0.29, 0.717) is 0 Å². The minimum Gasteiger partial charge on any atom is -0.0149 e. The van der Waals surface area contributed by atoms with Crippen molar-refractivity contribution in [1.82, 2.24) is 0 Å². The molecule has 0 heterocycles. The van der Waals surface area contributed by atoms with Crippen LogP contribution in [0.1, 0.15) is 0 Å². The molecule has 0 atom stereocenters. The Morgan fingerprint density at radius 1 is 1.00 bits per heavy atom. The zero-order valence-electron chi connectivity index (χ0n) is 0. The van der Waals surface area contributed by atoms with Crippen molar-refractivity contribution < 1.29 is 0 Å². The maximum Gasteiger partial charge on any atom is -0.0149 e. The van der Waals surface area contributed by atoms with Crippen LogP contribution in [0.25, 0.3) is 0 Å². The summed E-state index contributed by atoms with van der Waals surface area (Å²) in [6.45, 7) is 0. The molecular weight excluding hydrogens is 102 g/mol. The summed E-state index contributed by atoms with van der Waals surface area (Å²) in [5.41, 5.74) is 0. The van der Waals surface area contributed by atoms with Gasteiger partial charge in [-0.05, 0) is 11.0 Å². The third kappa shape index (κ3) is 8.82. The van der Waals surface area contributed by atoms with Gasteiger partial charge in [0, 0.05) is 0 Å². The smallest absolute Gasteiger partial charge is 0.0149 e. The summed E-state index contributed by atoms with van der Waals surface area (Å²) in [7, 11) is 0. The Balaban J connectivity index is 0. The zero-order valence-corrected chi connectivity index (χ0v) is 0. The van der Waals surface area contributed by atoms with Gasteiger partial charge in [0.25, 0.3) is 0 Å². The molecule has 0 N–H and O–H groups in total. The number of hydrogen-bond acceptors (Lipinski definition) is 0. The van der Waals surface area contributed by atoms with Crippen molar-refractivity contribution >= 4 is 84.9 Å². The van der Waals surface area contributed by atoms with Gasteiger partial charge in [0.15, 0.2) is 17.4 Å². The molecule has 20 valence electrons. The van der Waals surface area contributed by atoms with E-state index in [4.69, 9.17) is 0 Å². The van der Waals surface area contributed by atoms with Crippen molar-refractivity contribution in [2.45, 2.75) is 0 Å². The maximum absolute atomic E-state index is 0. The summed E-state index contributed by atoms with van der Waals surface area (Å²) in [5.74, 6) is 0. The molecule has 0 aromatic heterocycles. The molecule has 0 saturated heterocycles. The van der Waals surface area contributed by atoms with Crippen molar-refractivity contribution in [3.8, 4) is 0 Å². The molecule has 0 aliphatic rings. The van der Waals surface area contributed by atoms with E-state index in [9.17, 15) is 0 Å². The molecule has 4 heteroatoms. The SMILES string of the molecule is [AlH3].[CaH2].[LiH].[SiH4]. The van der Waals surface area contributed by atoms with E-state index in [1.54, 1.807) is 0 Å². The minimum absolute atomic E-state index is 0. The first-order chi connectivity index (χ1) is 0. The fourth-order valence-corrected chi connectivity index (χ4v) is 0. The summed E-state index contributed by atoms with van der Waals surface area (Å²) in [6.07, 6.45) is 0. The van der Waals surface area contributed by atoms with Crippen LogP contribution in [0.4, 0.5) is 0 Å². The van der Waals surface area contributed by atoms with E-state index >= 15 is 0 Å². The van der Waals surface area contributed by atoms with E-state index in [1.165, 1.54) is 0 Å². The van der Waals surface area contributed by atoms with Gasteiger partial charge in [0.1, 0.15) is 0 Å². The quantitative estimate of drug-likeness (QED) is 0.279. The number of rotatable bonds is 0. The molecule has 0 radical (unpaired) electrons. The molecule has 0 fully saturated rings. The minimum atomic E-state index is 0. The molecule has 0 aliphatic heterocycles. The number of hydrogen-bond donors (Lipinski definition) is 0. The van der Waals surface area contributed by atoms with Gasteiger partial charge < -0.3 is 0 Å². The van der Waals surface area contributed by atoms with E-state index in [1.807, 2.05) is 0 Å². The second kappa shape index (κ2) is 17.5. The fraction of sp³-hybridized carbons (Fsp3) is 0. The molecule has 0 bridgehead atoms. The first-order valence-corrected chi connectivity index (χ1v) is 0. The molecule has 0 nitrogen and oxygen atoms in total. The van der Waals surface area contributed by atoms with E-state index in [0.717, 1.165) is 0 Å². The van der Waals surface area contributed by atoms with Crippen LogP contribution in [0.2, 0.25) is 0 Å². The van der Waals surface area contributed by atoms with E-state index in [2.05, 4.69) is 0 Å². The maximum atomic E-state index is 0. The second-order valence-corrected chi connectivity index (χ2v) is 0. The fourth-order valence-electron chi connectivity index (χ4n) is 0. The van der Waals surface area contributed by atoms with E-state index in [-0.39, 0.29) is 84.9 Å². The van der Waals surface area contributed by atoms with Crippen LogP contribution in [0.3, 0.4) is 0 Å². The average Bonchev–Trinajstić information content (AvgIpc) is 0. The third-order valence-corrected chi connectivity index (χ3v) is 0. The van der Waals surface area contributed by atoms with Crippen molar-refractivity contribution in [1.29, 1.82) is 0 Å². The Bertz CT molecular complexity index is 8.00. The van der Waals surface area contributed by atoms with Gasteiger partial charge in [0.2, 0.25) is 0 Å². The molecule has 0 rings (SSSR count). The van der Waals surface area contributed by atoms with Crippen LogP contribution >= 0.6 is 0 Å². The monoisotopic (exact) mass is 112 g/mol. The average molecular weight is 112 g/mol. The van der Waals surface area contributed by atoms with Gasteiger partial charge in [-0.1, -0.05) is 0 Å². The summed E-state index contributed by atoms with van der Waals surface area (Å²) >= 11 is 0. The second-order valence-electron chi connectivity index (χ2n) is 0. The van der Waals surface area contributed by atoms with Gasteiger partial charge in [-0.25, -0.2) is 0 Å². The Hall–Kier alpha value is 2.61. The standard InChI is InChI=1S/Al.Ca.Li.H4Si.6H/h;;;1H4;;;;;;. The van der Waals surface area contributed by atoms with Crippen molar-refractivity contribution in [3.05, 3.63) is 0 Å². The molecule has 4 heavy (non-hydrogen) atoms. The molecule has 0 aromatic carbocycles. The Morgan fingerprint density at radius 3 is 1.00 bits per heavy atom. The molecule has 0 aromatic rings. The Morgan fingerprint density at radius 2 is 1.00 bits per heavy atom. The van der Waals surface area contributed by atoms with Crippen LogP contribution in [0, 0.1) is 0 Å². The molecule has 0 unspecified atom stereocenters. The summed E-state index contributed by atoms with van der Waals surface area (Å²) in [6, 6.07) is 0. The van der Waals surface area contributed by atoms with E-state index < -0.39 is 0 Å². The van der Waals surface area contributed by atoms with Crippen molar-refractivity contribution in [2.24, 2.45) is 0 Å². The molecule has 0 saturated carbocycles. The van der Waals surface area contributed by atoms with Crippen LogP contribution in [0.5, 0.6) is 0 Å². The predicted octanol–water partition coefficient (Wildman–Crippen LogP) is -4.20. The van der Waals surface area contributed by atoms with Gasteiger partial charge in [-0.15, -0.1) is 0 Å². The van der Waals surface area contributed by atoms with Gasteiger partial charge in [-0.2, -0.15) is 0 Å². The Kier molecular flexibility index (Phi) is 134. The Labute approximate surface area is 83.4 Å². The topological polar surface area (TPSA) is 0 Å². The predicted molar refractivity (Wildman–Crippen MR) is 37.0 cm³/mol. The summed E-state index contributed by atoms with van der Waals surface area (Å²) in [4.78, 5) is 0. The van der Waals surface area contributed by atoms with Gasteiger partial charge in [-0.3, -0.25) is 0 Å². The molecular formula is H10AlCaLiSi. The van der Waals surface area contributed by atoms with Gasteiger partial charge in [0.05, 0.1) is 0 Å². The summed E-state index contributed by atoms with van der Waals surface area (Å²) < 4.78 is 0. The summed E-state index contributed by atoms with van der Waals surface area (Å²) in [5, 5.41) is 0. The molecule has 0 amide bonds. The normalized spacial score (nSPS) is 0. The van der Waals surface area contributed by atoms with Crippen molar-refractivity contribution in [3.63, 3.8) is 0 Å². The van der Waals surface area contributed by atoms with Gasteiger partial charge >= 0.3 is 56.6 Å². The van der Waals surface area contributed by atoms with Crippen LogP contribution in [-0.4, -0.2) is 84.9 Å². The van der Waals surface area contributed by atoms with Crippen LogP contribution < -0.4 is 0 Å². The van der Waals surface area contributed by atoms with Crippen molar-refractivity contribution in [2.75, 3.05) is 0 Å². The first-order valence-electron chi connectivity index (χ1n) is 0. The van der Waals surface area contributed by atoms with Crippen LogP contribution in [-0.2, 0) is 0 Å². The zero-order chi connectivity index (χ0) is 0. The third-order valence-electron chi connectivity index (χ3n) is 0. The van der Waals surface area contributed by atoms with Crippen LogP contribution in [0.15, 0.2) is 0 Å². The molecule has 0 aliphatic carbocycles. The largest absolute Gasteiger partial charge is 0.0149 e. The first kappa shape index (κ1) is 30.6.